The minimum atomic E-state index is 0.367. The third-order valence-electron chi connectivity index (χ3n) is 5.94. The van der Waals surface area contributed by atoms with Crippen LogP contribution in [-0.4, -0.2) is 63.9 Å². The van der Waals surface area contributed by atoms with Gasteiger partial charge in [-0.25, -0.2) is 0 Å². The van der Waals surface area contributed by atoms with Gasteiger partial charge in [0.2, 0.25) is 5.91 Å². The molecule has 0 radical (unpaired) electrons. The zero-order valence-electron chi connectivity index (χ0n) is 14.6. The number of carbonyl (C=O) groups excluding carboxylic acids is 1. The van der Waals surface area contributed by atoms with E-state index in [9.17, 15) is 4.79 Å². The van der Waals surface area contributed by atoms with Crippen molar-refractivity contribution in [2.24, 2.45) is 13.0 Å². The van der Waals surface area contributed by atoms with E-state index >= 15 is 0 Å². The quantitative estimate of drug-likeness (QED) is 0.837. The molecular weight excluding hydrogens is 304 g/mol. The van der Waals surface area contributed by atoms with Gasteiger partial charge in [-0.15, -0.1) is 0 Å². The van der Waals surface area contributed by atoms with E-state index in [1.165, 1.54) is 5.56 Å². The first kappa shape index (κ1) is 16.1. The molecule has 6 heteroatoms. The summed E-state index contributed by atoms with van der Waals surface area (Å²) < 4.78 is 7.33. The Balaban J connectivity index is 1.42. The van der Waals surface area contributed by atoms with Crippen LogP contribution in [0, 0.1) is 5.92 Å². The predicted molar refractivity (Wildman–Crippen MR) is 90.3 cm³/mol. The number of likely N-dealkylation sites (tertiary alicyclic amines) is 2. The highest BCUT2D eigenvalue weighted by Gasteiger charge is 2.43. The molecule has 1 aromatic rings. The molecule has 4 heterocycles. The molecule has 0 bridgehead atoms. The van der Waals surface area contributed by atoms with Crippen LogP contribution in [0.3, 0.4) is 0 Å². The molecule has 3 fully saturated rings. The Morgan fingerprint density at radius 3 is 2.79 bits per heavy atom. The molecule has 0 spiro atoms. The Labute approximate surface area is 143 Å². The van der Waals surface area contributed by atoms with Crippen LogP contribution in [-0.2, 0) is 23.1 Å². The summed E-state index contributed by atoms with van der Waals surface area (Å²) in [5.41, 5.74) is 1.27. The highest BCUT2D eigenvalue weighted by molar-refractivity contribution is 5.77. The third kappa shape index (κ3) is 3.22. The fourth-order valence-corrected chi connectivity index (χ4v) is 4.67. The molecule has 0 N–H and O–H groups in total. The van der Waals surface area contributed by atoms with Gasteiger partial charge in [0.25, 0.3) is 0 Å². The summed E-state index contributed by atoms with van der Waals surface area (Å²) >= 11 is 0. The number of hydrogen-bond acceptors (Lipinski definition) is 4. The number of piperidine rings is 1. The average molecular weight is 332 g/mol. The second-order valence-corrected chi connectivity index (χ2v) is 7.56. The topological polar surface area (TPSA) is 50.6 Å². The number of fused-ring (bicyclic) bond motifs is 1. The van der Waals surface area contributed by atoms with Crippen LogP contribution in [0.15, 0.2) is 12.4 Å². The Bertz CT molecular complexity index is 581. The predicted octanol–water partition coefficient (Wildman–Crippen LogP) is 1.41. The lowest BCUT2D eigenvalue weighted by Crippen LogP contribution is -2.53. The highest BCUT2D eigenvalue weighted by Crippen LogP contribution is 2.33. The lowest BCUT2D eigenvalue weighted by atomic mass is 9.92. The van der Waals surface area contributed by atoms with Crippen LogP contribution in [0.1, 0.15) is 37.7 Å². The molecule has 4 rings (SSSR count). The van der Waals surface area contributed by atoms with Crippen molar-refractivity contribution in [1.82, 2.24) is 19.6 Å². The lowest BCUT2D eigenvalue weighted by Gasteiger charge is -2.42. The van der Waals surface area contributed by atoms with Gasteiger partial charge in [-0.3, -0.25) is 14.4 Å². The second kappa shape index (κ2) is 6.84. The molecule has 3 saturated heterocycles. The van der Waals surface area contributed by atoms with Crippen molar-refractivity contribution in [3.05, 3.63) is 18.0 Å². The van der Waals surface area contributed by atoms with Gasteiger partial charge in [-0.05, 0) is 31.6 Å². The molecule has 2 atom stereocenters. The summed E-state index contributed by atoms with van der Waals surface area (Å²) in [7, 11) is 1.96. The van der Waals surface area contributed by atoms with Crippen molar-refractivity contribution in [2.45, 2.75) is 50.7 Å². The molecule has 3 aliphatic heterocycles. The number of aryl methyl sites for hydroxylation is 1. The second-order valence-electron chi connectivity index (χ2n) is 7.56. The van der Waals surface area contributed by atoms with E-state index in [1.54, 1.807) is 0 Å². The number of hydrogen-bond donors (Lipinski definition) is 0. The summed E-state index contributed by atoms with van der Waals surface area (Å²) in [6.07, 6.45) is 9.07. The first-order valence-electron chi connectivity index (χ1n) is 9.29. The fraction of sp³-hybridized carbons (Fsp3) is 0.778. The number of ether oxygens (including phenoxy) is 1. The number of rotatable bonds is 4. The number of amides is 1. The number of carbonyl (C=O) groups is 1. The molecule has 24 heavy (non-hydrogen) atoms. The van der Waals surface area contributed by atoms with Crippen LogP contribution < -0.4 is 0 Å². The van der Waals surface area contributed by atoms with E-state index in [1.807, 2.05) is 17.9 Å². The van der Waals surface area contributed by atoms with E-state index in [-0.39, 0.29) is 0 Å². The van der Waals surface area contributed by atoms with Gasteiger partial charge in [-0.2, -0.15) is 5.10 Å². The van der Waals surface area contributed by atoms with Crippen molar-refractivity contribution in [2.75, 3.05) is 26.3 Å². The van der Waals surface area contributed by atoms with E-state index in [0.717, 1.165) is 58.5 Å². The van der Waals surface area contributed by atoms with Crippen molar-refractivity contribution in [3.8, 4) is 0 Å². The maximum atomic E-state index is 12.5. The van der Waals surface area contributed by atoms with Gasteiger partial charge in [0.05, 0.1) is 6.20 Å². The van der Waals surface area contributed by atoms with Crippen molar-refractivity contribution in [1.29, 1.82) is 0 Å². The molecule has 132 valence electrons. The molecule has 6 nitrogen and oxygen atoms in total. The summed E-state index contributed by atoms with van der Waals surface area (Å²) in [5.74, 6) is 0.986. The Morgan fingerprint density at radius 1 is 1.21 bits per heavy atom. The largest absolute Gasteiger partial charge is 0.381 e. The summed E-state index contributed by atoms with van der Waals surface area (Å²) in [4.78, 5) is 17.3. The molecular formula is C18H28N4O2. The van der Waals surface area contributed by atoms with Gasteiger partial charge in [0.1, 0.15) is 0 Å². The monoisotopic (exact) mass is 332 g/mol. The van der Waals surface area contributed by atoms with E-state index < -0.39 is 0 Å². The smallest absolute Gasteiger partial charge is 0.222 e. The van der Waals surface area contributed by atoms with Crippen LogP contribution in [0.5, 0.6) is 0 Å². The van der Waals surface area contributed by atoms with Crippen molar-refractivity contribution in [3.63, 3.8) is 0 Å². The van der Waals surface area contributed by atoms with Crippen LogP contribution in [0.4, 0.5) is 0 Å². The lowest BCUT2D eigenvalue weighted by molar-refractivity contribution is -0.139. The van der Waals surface area contributed by atoms with E-state index in [2.05, 4.69) is 21.1 Å². The molecule has 0 aromatic carbocycles. The number of aromatic nitrogens is 2. The van der Waals surface area contributed by atoms with Gasteiger partial charge in [0.15, 0.2) is 0 Å². The van der Waals surface area contributed by atoms with Crippen LogP contribution >= 0.6 is 0 Å². The summed E-state index contributed by atoms with van der Waals surface area (Å²) in [5, 5.41) is 4.28. The van der Waals surface area contributed by atoms with E-state index in [4.69, 9.17) is 4.74 Å². The molecule has 0 saturated carbocycles. The van der Waals surface area contributed by atoms with Gasteiger partial charge in [0, 0.05) is 70.2 Å². The van der Waals surface area contributed by atoms with Gasteiger partial charge < -0.3 is 9.64 Å². The van der Waals surface area contributed by atoms with Gasteiger partial charge in [-0.1, -0.05) is 0 Å². The van der Waals surface area contributed by atoms with E-state index in [0.29, 0.717) is 30.3 Å². The SMILES string of the molecule is Cn1cc(CN2CC[C@@H]3[C@H]2CCC(=O)N3CC2CCOCC2)cn1. The average Bonchev–Trinajstić information content (AvgIpc) is 3.18. The molecule has 3 aliphatic rings. The normalized spacial score (nSPS) is 29.2. The van der Waals surface area contributed by atoms with Crippen LogP contribution in [0.2, 0.25) is 0 Å². The Kier molecular flexibility index (Phi) is 4.59. The van der Waals surface area contributed by atoms with Crippen molar-refractivity contribution >= 4 is 5.91 Å². The van der Waals surface area contributed by atoms with Gasteiger partial charge >= 0.3 is 0 Å². The maximum absolute atomic E-state index is 12.5. The minimum absolute atomic E-state index is 0.367. The zero-order valence-corrected chi connectivity index (χ0v) is 14.6. The molecule has 1 amide bonds. The minimum Gasteiger partial charge on any atom is -0.381 e. The first-order valence-corrected chi connectivity index (χ1v) is 9.29. The number of nitrogens with zero attached hydrogens (tertiary/aromatic N) is 4. The standard InChI is InChI=1S/C18H28N4O2/c1-20-11-15(10-19-20)12-21-7-4-17-16(21)2-3-18(23)22(17)13-14-5-8-24-9-6-14/h10-11,14,16-17H,2-9,12-13H2,1H3/t16-,17-/m1/s1. The summed E-state index contributed by atoms with van der Waals surface area (Å²) in [6, 6.07) is 0.925. The molecule has 0 unspecified atom stereocenters. The maximum Gasteiger partial charge on any atom is 0.222 e. The zero-order chi connectivity index (χ0) is 16.5. The molecule has 1 aromatic heterocycles. The Hall–Kier alpha value is -1.40. The highest BCUT2D eigenvalue weighted by atomic mass is 16.5. The van der Waals surface area contributed by atoms with Crippen LogP contribution in [0.25, 0.3) is 0 Å². The Morgan fingerprint density at radius 2 is 2.04 bits per heavy atom. The van der Waals surface area contributed by atoms with Crippen molar-refractivity contribution < 1.29 is 9.53 Å². The summed E-state index contributed by atoms with van der Waals surface area (Å²) in [6.45, 7) is 4.68. The fourth-order valence-electron chi connectivity index (χ4n) is 4.67. The molecule has 0 aliphatic carbocycles. The first-order chi connectivity index (χ1) is 11.7. The third-order valence-corrected chi connectivity index (χ3v) is 5.94.